The summed E-state index contributed by atoms with van der Waals surface area (Å²) in [6.07, 6.45) is 1.13. The van der Waals surface area contributed by atoms with Crippen molar-refractivity contribution in [3.63, 3.8) is 0 Å². The summed E-state index contributed by atoms with van der Waals surface area (Å²) in [5.41, 5.74) is 11.7. The zero-order chi connectivity index (χ0) is 13.3. The third-order valence-electron chi connectivity index (χ3n) is 4.18. The zero-order valence-corrected chi connectivity index (χ0v) is 12.0. The van der Waals surface area contributed by atoms with Crippen molar-refractivity contribution in [2.24, 2.45) is 11.7 Å². The van der Waals surface area contributed by atoms with Crippen molar-refractivity contribution >= 4 is 0 Å². The van der Waals surface area contributed by atoms with E-state index >= 15 is 0 Å². The minimum atomic E-state index is 0.0797. The molecule has 1 aromatic carbocycles. The molecule has 0 amide bonds. The molecule has 1 fully saturated rings. The van der Waals surface area contributed by atoms with Gasteiger partial charge in [-0.3, -0.25) is 0 Å². The largest absolute Gasteiger partial charge is 0.381 e. The molecule has 0 saturated carbocycles. The zero-order valence-electron chi connectivity index (χ0n) is 12.0. The van der Waals surface area contributed by atoms with Crippen molar-refractivity contribution in [3.05, 3.63) is 34.4 Å². The predicted octanol–water partition coefficient (Wildman–Crippen LogP) is 2.86. The average molecular weight is 247 g/mol. The van der Waals surface area contributed by atoms with E-state index < -0.39 is 0 Å². The van der Waals surface area contributed by atoms with Gasteiger partial charge in [0.2, 0.25) is 0 Å². The first-order chi connectivity index (χ1) is 8.46. The number of nitrogens with two attached hydrogens (primary N) is 1. The molecule has 2 rings (SSSR count). The van der Waals surface area contributed by atoms with Gasteiger partial charge in [0.25, 0.3) is 0 Å². The van der Waals surface area contributed by atoms with E-state index in [0.29, 0.717) is 12.5 Å². The summed E-state index contributed by atoms with van der Waals surface area (Å²) < 4.78 is 5.30. The van der Waals surface area contributed by atoms with Crippen LogP contribution in [0.5, 0.6) is 0 Å². The highest BCUT2D eigenvalue weighted by Crippen LogP contribution is 2.36. The van der Waals surface area contributed by atoms with Gasteiger partial charge in [-0.2, -0.15) is 0 Å². The fourth-order valence-electron chi connectivity index (χ4n) is 3.46. The molecule has 2 nitrogen and oxygen atoms in total. The normalized spacial score (nSPS) is 19.4. The second kappa shape index (κ2) is 5.02. The fourth-order valence-corrected chi connectivity index (χ4v) is 3.46. The van der Waals surface area contributed by atoms with Crippen LogP contribution in [0.4, 0.5) is 0 Å². The minimum Gasteiger partial charge on any atom is -0.381 e. The quantitative estimate of drug-likeness (QED) is 0.888. The molecular formula is C16H25NO. The van der Waals surface area contributed by atoms with Crippen LogP contribution in [0.3, 0.4) is 0 Å². The maximum atomic E-state index is 6.10. The lowest BCUT2D eigenvalue weighted by atomic mass is 9.71. The molecule has 2 heteroatoms. The number of benzene rings is 1. The summed E-state index contributed by atoms with van der Waals surface area (Å²) in [7, 11) is 0. The first-order valence-corrected chi connectivity index (χ1v) is 6.82. The van der Waals surface area contributed by atoms with Crippen LogP contribution in [-0.2, 0) is 10.2 Å². The number of hydrogen-bond donors (Lipinski definition) is 1. The Morgan fingerprint density at radius 3 is 2.17 bits per heavy atom. The average Bonchev–Trinajstić information content (AvgIpc) is 2.22. The number of hydrogen-bond acceptors (Lipinski definition) is 2. The van der Waals surface area contributed by atoms with Gasteiger partial charge >= 0.3 is 0 Å². The van der Waals surface area contributed by atoms with Gasteiger partial charge in [-0.25, -0.2) is 0 Å². The maximum absolute atomic E-state index is 6.10. The molecule has 1 saturated heterocycles. The molecule has 1 atom stereocenters. The van der Waals surface area contributed by atoms with E-state index in [4.69, 9.17) is 10.5 Å². The monoisotopic (exact) mass is 247 g/mol. The molecule has 1 heterocycles. The molecule has 0 aliphatic carbocycles. The van der Waals surface area contributed by atoms with E-state index in [2.05, 4.69) is 39.8 Å². The number of aryl methyl sites for hydroxylation is 3. The lowest BCUT2D eigenvalue weighted by molar-refractivity contribution is -0.0442. The Morgan fingerprint density at radius 2 is 1.78 bits per heavy atom. The van der Waals surface area contributed by atoms with Crippen LogP contribution in [-0.4, -0.2) is 19.8 Å². The standard InChI is InChI=1S/C16H25NO/c1-11-5-12(2)15(13(3)6-11)16(4,10-17)7-14-8-18-9-14/h5-6,14H,7-10,17H2,1-4H3. The van der Waals surface area contributed by atoms with Gasteiger partial charge in [0.1, 0.15) is 0 Å². The van der Waals surface area contributed by atoms with Crippen LogP contribution in [0.1, 0.15) is 35.6 Å². The van der Waals surface area contributed by atoms with Crippen LogP contribution in [0, 0.1) is 26.7 Å². The summed E-state index contributed by atoms with van der Waals surface area (Å²) in [4.78, 5) is 0. The SMILES string of the molecule is Cc1cc(C)c(C(C)(CN)CC2COC2)c(C)c1. The van der Waals surface area contributed by atoms with Crippen molar-refractivity contribution in [1.29, 1.82) is 0 Å². The Labute approximate surface area is 111 Å². The van der Waals surface area contributed by atoms with Crippen molar-refractivity contribution < 1.29 is 4.74 Å². The summed E-state index contributed by atoms with van der Waals surface area (Å²) in [6.45, 7) is 11.4. The van der Waals surface area contributed by atoms with Gasteiger partial charge < -0.3 is 10.5 Å². The van der Waals surface area contributed by atoms with E-state index in [1.807, 2.05) is 0 Å². The molecule has 2 N–H and O–H groups in total. The summed E-state index contributed by atoms with van der Waals surface area (Å²) in [5, 5.41) is 0. The molecule has 0 spiro atoms. The Balaban J connectivity index is 2.36. The lowest BCUT2D eigenvalue weighted by Crippen LogP contribution is -2.40. The fraction of sp³-hybridized carbons (Fsp3) is 0.625. The molecule has 1 aromatic rings. The molecular weight excluding hydrogens is 222 g/mol. The Hall–Kier alpha value is -0.860. The van der Waals surface area contributed by atoms with Gasteiger partial charge in [0, 0.05) is 17.9 Å². The van der Waals surface area contributed by atoms with Crippen LogP contribution < -0.4 is 5.73 Å². The van der Waals surface area contributed by atoms with Gasteiger partial charge in [0.05, 0.1) is 13.2 Å². The van der Waals surface area contributed by atoms with Crippen molar-refractivity contribution in [1.82, 2.24) is 0 Å². The third-order valence-corrected chi connectivity index (χ3v) is 4.18. The predicted molar refractivity (Wildman–Crippen MR) is 76.0 cm³/mol. The van der Waals surface area contributed by atoms with Crippen molar-refractivity contribution in [3.8, 4) is 0 Å². The number of rotatable bonds is 4. The van der Waals surface area contributed by atoms with E-state index in [0.717, 1.165) is 19.6 Å². The molecule has 0 bridgehead atoms. The van der Waals surface area contributed by atoms with Crippen molar-refractivity contribution in [2.75, 3.05) is 19.8 Å². The van der Waals surface area contributed by atoms with Gasteiger partial charge in [-0.05, 0) is 43.9 Å². The van der Waals surface area contributed by atoms with Gasteiger partial charge in [-0.1, -0.05) is 24.6 Å². The van der Waals surface area contributed by atoms with E-state index in [1.165, 1.54) is 22.3 Å². The summed E-state index contributed by atoms with van der Waals surface area (Å²) >= 11 is 0. The van der Waals surface area contributed by atoms with Crippen LogP contribution in [0.15, 0.2) is 12.1 Å². The lowest BCUT2D eigenvalue weighted by Gasteiger charge is -2.38. The maximum Gasteiger partial charge on any atom is 0.0516 e. The third kappa shape index (κ3) is 2.45. The van der Waals surface area contributed by atoms with E-state index in [9.17, 15) is 0 Å². The van der Waals surface area contributed by atoms with E-state index in [1.54, 1.807) is 0 Å². The van der Waals surface area contributed by atoms with Crippen LogP contribution >= 0.6 is 0 Å². The highest BCUT2D eigenvalue weighted by molar-refractivity contribution is 5.42. The van der Waals surface area contributed by atoms with E-state index in [-0.39, 0.29) is 5.41 Å². The highest BCUT2D eigenvalue weighted by atomic mass is 16.5. The molecule has 1 aliphatic rings. The number of ether oxygens (including phenoxy) is 1. The van der Waals surface area contributed by atoms with Crippen LogP contribution in [0.2, 0.25) is 0 Å². The Kier molecular flexibility index (Phi) is 3.79. The topological polar surface area (TPSA) is 35.2 Å². The second-order valence-electron chi connectivity index (χ2n) is 6.15. The molecule has 1 unspecified atom stereocenters. The van der Waals surface area contributed by atoms with Crippen LogP contribution in [0.25, 0.3) is 0 Å². The molecule has 0 radical (unpaired) electrons. The molecule has 0 aromatic heterocycles. The smallest absolute Gasteiger partial charge is 0.0516 e. The molecule has 100 valence electrons. The van der Waals surface area contributed by atoms with Gasteiger partial charge in [-0.15, -0.1) is 0 Å². The first kappa shape index (κ1) is 13.6. The van der Waals surface area contributed by atoms with Crippen molar-refractivity contribution in [2.45, 2.75) is 39.5 Å². The molecule has 18 heavy (non-hydrogen) atoms. The molecule has 1 aliphatic heterocycles. The highest BCUT2D eigenvalue weighted by Gasteiger charge is 2.34. The summed E-state index contributed by atoms with van der Waals surface area (Å²) in [5.74, 6) is 0.679. The second-order valence-corrected chi connectivity index (χ2v) is 6.15. The van der Waals surface area contributed by atoms with Gasteiger partial charge in [0.15, 0.2) is 0 Å². The minimum absolute atomic E-state index is 0.0797. The Morgan fingerprint density at radius 1 is 1.22 bits per heavy atom. The first-order valence-electron chi connectivity index (χ1n) is 6.82. The Bertz CT molecular complexity index is 414. The summed E-state index contributed by atoms with van der Waals surface area (Å²) in [6, 6.07) is 4.54.